The Kier molecular flexibility index (Phi) is 3.82. The summed E-state index contributed by atoms with van der Waals surface area (Å²) < 4.78 is 5.76. The van der Waals surface area contributed by atoms with Gasteiger partial charge in [-0.3, -0.25) is 0 Å². The van der Waals surface area contributed by atoms with Gasteiger partial charge in [-0.05, 0) is 17.0 Å². The van der Waals surface area contributed by atoms with Gasteiger partial charge in [-0.2, -0.15) is 0 Å². The van der Waals surface area contributed by atoms with Gasteiger partial charge in [-0.15, -0.1) is 0 Å². The normalized spacial score (nSPS) is 19.2. The Morgan fingerprint density at radius 1 is 1.05 bits per heavy atom. The highest BCUT2D eigenvalue weighted by molar-refractivity contribution is 5.78. The summed E-state index contributed by atoms with van der Waals surface area (Å²) in [5, 5.41) is 0. The van der Waals surface area contributed by atoms with E-state index in [9.17, 15) is 0 Å². The molecule has 0 saturated heterocycles. The van der Waals surface area contributed by atoms with Gasteiger partial charge in [0.1, 0.15) is 12.6 Å². The Balaban J connectivity index is 1.67. The molecule has 102 valence electrons. The van der Waals surface area contributed by atoms with Crippen molar-refractivity contribution in [3.8, 4) is 0 Å². The van der Waals surface area contributed by atoms with Crippen LogP contribution < -0.4 is 0 Å². The van der Waals surface area contributed by atoms with Crippen LogP contribution in [0, 0.1) is 0 Å². The molecule has 0 amide bonds. The second-order valence-corrected chi connectivity index (χ2v) is 5.28. The number of benzene rings is 2. The molecule has 0 spiro atoms. The van der Waals surface area contributed by atoms with E-state index in [4.69, 9.17) is 9.73 Å². The quantitative estimate of drug-likeness (QED) is 0.805. The molecule has 0 N–H and O–H groups in total. The van der Waals surface area contributed by atoms with Crippen molar-refractivity contribution in [3.05, 3.63) is 71.8 Å². The first-order valence-corrected chi connectivity index (χ1v) is 7.12. The lowest BCUT2D eigenvalue weighted by Crippen LogP contribution is -2.04. The maximum absolute atomic E-state index is 5.76. The third-order valence-electron chi connectivity index (χ3n) is 3.74. The van der Waals surface area contributed by atoms with E-state index in [2.05, 4.69) is 55.5 Å². The number of aliphatic imine (C=N–C) groups is 1. The van der Waals surface area contributed by atoms with Gasteiger partial charge in [0, 0.05) is 6.42 Å². The number of ether oxygens (including phenoxy) is 1. The second kappa shape index (κ2) is 5.91. The molecule has 0 saturated carbocycles. The molecule has 2 nitrogen and oxygen atoms in total. The minimum atomic E-state index is 0.161. The Morgan fingerprint density at radius 3 is 2.40 bits per heavy atom. The average molecular weight is 265 g/mol. The monoisotopic (exact) mass is 265 g/mol. The zero-order chi connectivity index (χ0) is 13.8. The Labute approximate surface area is 120 Å². The van der Waals surface area contributed by atoms with Crippen LogP contribution >= 0.6 is 0 Å². The van der Waals surface area contributed by atoms with Crippen LogP contribution in [0.2, 0.25) is 0 Å². The molecule has 1 aliphatic heterocycles. The summed E-state index contributed by atoms with van der Waals surface area (Å²) >= 11 is 0. The van der Waals surface area contributed by atoms with Crippen molar-refractivity contribution < 1.29 is 4.74 Å². The molecule has 0 aromatic heterocycles. The van der Waals surface area contributed by atoms with E-state index >= 15 is 0 Å². The molecule has 0 aliphatic carbocycles. The van der Waals surface area contributed by atoms with E-state index in [0.29, 0.717) is 12.5 Å². The standard InChI is InChI=1S/C18H19NO/c1-14(15-8-4-2-5-9-15)12-18-19-17(13-20-18)16-10-6-3-7-11-16/h2-11,14,17H,12-13H2,1H3/t14-,17-/m1/s1. The molecule has 20 heavy (non-hydrogen) atoms. The largest absolute Gasteiger partial charge is 0.478 e. The van der Waals surface area contributed by atoms with Gasteiger partial charge in [-0.1, -0.05) is 67.6 Å². The second-order valence-electron chi connectivity index (χ2n) is 5.28. The smallest absolute Gasteiger partial charge is 0.184 e. The van der Waals surface area contributed by atoms with Crippen molar-refractivity contribution in [1.82, 2.24) is 0 Å². The minimum Gasteiger partial charge on any atom is -0.478 e. The predicted octanol–water partition coefficient (Wildman–Crippen LogP) is 4.35. The third-order valence-corrected chi connectivity index (χ3v) is 3.74. The summed E-state index contributed by atoms with van der Waals surface area (Å²) in [5.74, 6) is 1.32. The van der Waals surface area contributed by atoms with Crippen molar-refractivity contribution in [2.24, 2.45) is 4.99 Å². The summed E-state index contributed by atoms with van der Waals surface area (Å²) in [4.78, 5) is 4.72. The van der Waals surface area contributed by atoms with Crippen LogP contribution in [0.4, 0.5) is 0 Å². The summed E-state index contributed by atoms with van der Waals surface area (Å²) in [6, 6.07) is 21.0. The fraction of sp³-hybridized carbons (Fsp3) is 0.278. The highest BCUT2D eigenvalue weighted by Gasteiger charge is 2.21. The molecule has 2 heteroatoms. The van der Waals surface area contributed by atoms with Gasteiger partial charge < -0.3 is 4.74 Å². The average Bonchev–Trinajstić information content (AvgIpc) is 2.97. The number of hydrogen-bond acceptors (Lipinski definition) is 2. The van der Waals surface area contributed by atoms with Crippen molar-refractivity contribution in [1.29, 1.82) is 0 Å². The Bertz CT molecular complexity index is 577. The minimum absolute atomic E-state index is 0.161. The van der Waals surface area contributed by atoms with E-state index in [1.54, 1.807) is 0 Å². The zero-order valence-electron chi connectivity index (χ0n) is 11.7. The summed E-state index contributed by atoms with van der Waals surface area (Å²) in [6.07, 6.45) is 0.868. The molecule has 0 bridgehead atoms. The number of rotatable bonds is 4. The SMILES string of the molecule is C[C@H](CC1=N[C@@H](c2ccccc2)CO1)c1ccccc1. The predicted molar refractivity (Wildman–Crippen MR) is 82.0 cm³/mol. The van der Waals surface area contributed by atoms with Crippen molar-refractivity contribution in [2.45, 2.75) is 25.3 Å². The van der Waals surface area contributed by atoms with Crippen molar-refractivity contribution in [2.75, 3.05) is 6.61 Å². The van der Waals surface area contributed by atoms with Crippen molar-refractivity contribution >= 4 is 5.90 Å². The van der Waals surface area contributed by atoms with Crippen LogP contribution in [-0.4, -0.2) is 12.5 Å². The van der Waals surface area contributed by atoms with Crippen LogP contribution in [0.3, 0.4) is 0 Å². The van der Waals surface area contributed by atoms with Crippen LogP contribution in [-0.2, 0) is 4.74 Å². The maximum Gasteiger partial charge on any atom is 0.184 e. The third kappa shape index (κ3) is 2.90. The molecule has 1 heterocycles. The molecule has 0 radical (unpaired) electrons. The van der Waals surface area contributed by atoms with Gasteiger partial charge in [0.25, 0.3) is 0 Å². The maximum atomic E-state index is 5.76. The molecule has 2 atom stereocenters. The van der Waals surface area contributed by atoms with Crippen LogP contribution in [0.25, 0.3) is 0 Å². The Morgan fingerprint density at radius 2 is 1.70 bits per heavy atom. The van der Waals surface area contributed by atoms with E-state index in [1.165, 1.54) is 11.1 Å². The number of nitrogens with zero attached hydrogens (tertiary/aromatic N) is 1. The van der Waals surface area contributed by atoms with Gasteiger partial charge in [0.05, 0.1) is 0 Å². The molecule has 2 aromatic rings. The van der Waals surface area contributed by atoms with Crippen LogP contribution in [0.1, 0.15) is 36.4 Å². The summed E-state index contributed by atoms with van der Waals surface area (Å²) in [5.41, 5.74) is 2.57. The first-order valence-electron chi connectivity index (χ1n) is 7.12. The lowest BCUT2D eigenvalue weighted by molar-refractivity contribution is 0.309. The lowest BCUT2D eigenvalue weighted by Gasteiger charge is -2.10. The highest BCUT2D eigenvalue weighted by Crippen LogP contribution is 2.27. The molecule has 1 aliphatic rings. The van der Waals surface area contributed by atoms with E-state index in [-0.39, 0.29) is 6.04 Å². The van der Waals surface area contributed by atoms with E-state index in [1.807, 2.05) is 12.1 Å². The molecule has 0 unspecified atom stereocenters. The fourth-order valence-corrected chi connectivity index (χ4v) is 2.54. The molecule has 2 aromatic carbocycles. The molecular formula is C18H19NO. The molecular weight excluding hydrogens is 246 g/mol. The lowest BCUT2D eigenvalue weighted by atomic mass is 9.98. The Hall–Kier alpha value is -2.09. The van der Waals surface area contributed by atoms with Gasteiger partial charge in [0.2, 0.25) is 0 Å². The highest BCUT2D eigenvalue weighted by atomic mass is 16.5. The molecule has 3 rings (SSSR count). The molecule has 0 fully saturated rings. The number of hydrogen-bond donors (Lipinski definition) is 0. The van der Waals surface area contributed by atoms with E-state index < -0.39 is 0 Å². The van der Waals surface area contributed by atoms with E-state index in [0.717, 1.165) is 12.3 Å². The topological polar surface area (TPSA) is 21.6 Å². The first-order chi connectivity index (χ1) is 9.83. The summed E-state index contributed by atoms with van der Waals surface area (Å²) in [7, 11) is 0. The van der Waals surface area contributed by atoms with Gasteiger partial charge >= 0.3 is 0 Å². The van der Waals surface area contributed by atoms with Crippen LogP contribution in [0.15, 0.2) is 65.7 Å². The summed E-state index contributed by atoms with van der Waals surface area (Å²) in [6.45, 7) is 2.89. The van der Waals surface area contributed by atoms with Crippen molar-refractivity contribution in [3.63, 3.8) is 0 Å². The first kappa shape index (κ1) is 12.9. The van der Waals surface area contributed by atoms with Gasteiger partial charge in [0.15, 0.2) is 5.90 Å². The van der Waals surface area contributed by atoms with Gasteiger partial charge in [-0.25, -0.2) is 4.99 Å². The fourth-order valence-electron chi connectivity index (χ4n) is 2.54. The zero-order valence-corrected chi connectivity index (χ0v) is 11.7. The van der Waals surface area contributed by atoms with Crippen LogP contribution in [0.5, 0.6) is 0 Å².